The fourth-order valence-corrected chi connectivity index (χ4v) is 3.94. The third-order valence-electron chi connectivity index (χ3n) is 5.24. The Bertz CT molecular complexity index is 1120. The zero-order valence-electron chi connectivity index (χ0n) is 16.3. The topological polar surface area (TPSA) is 79.5 Å². The molecule has 4 rings (SSSR count). The number of ether oxygens (including phenoxy) is 2. The van der Waals surface area contributed by atoms with Crippen LogP contribution in [0.4, 0.5) is 4.39 Å². The van der Waals surface area contributed by atoms with Crippen LogP contribution in [0.25, 0.3) is 0 Å². The van der Waals surface area contributed by atoms with E-state index in [4.69, 9.17) is 9.47 Å². The molecule has 152 valence electrons. The molecular weight excluding hydrogens is 379 g/mol. The number of rotatable bonds is 3. The van der Waals surface area contributed by atoms with E-state index >= 15 is 0 Å². The fourth-order valence-electron chi connectivity index (χ4n) is 3.94. The number of carbonyl (C=O) groups excluding carboxylic acids is 1. The van der Waals surface area contributed by atoms with Crippen LogP contribution in [0.3, 0.4) is 0 Å². The minimum Gasteiger partial charge on any atom is -0.342 e. The first-order chi connectivity index (χ1) is 13.7. The summed E-state index contributed by atoms with van der Waals surface area (Å²) in [6.07, 6.45) is 2.35. The van der Waals surface area contributed by atoms with Crippen LogP contribution in [0.5, 0.6) is 0 Å². The lowest BCUT2D eigenvalue weighted by Crippen LogP contribution is -2.47. The van der Waals surface area contributed by atoms with Crippen molar-refractivity contribution in [2.45, 2.75) is 51.2 Å². The van der Waals surface area contributed by atoms with E-state index < -0.39 is 40.9 Å². The Morgan fingerprint density at radius 3 is 2.52 bits per heavy atom. The maximum atomic E-state index is 14.5. The lowest BCUT2D eigenvalue weighted by molar-refractivity contribution is -0.148. The molecule has 1 fully saturated rings. The van der Waals surface area contributed by atoms with Gasteiger partial charge in [0.15, 0.2) is 5.79 Å². The Kier molecular flexibility index (Phi) is 4.63. The van der Waals surface area contributed by atoms with Gasteiger partial charge in [-0.25, -0.2) is 4.79 Å². The van der Waals surface area contributed by atoms with Crippen LogP contribution in [0.1, 0.15) is 43.6 Å². The van der Waals surface area contributed by atoms with E-state index in [1.54, 1.807) is 38.1 Å². The monoisotopic (exact) mass is 400 g/mol. The minimum atomic E-state index is -1.28. The van der Waals surface area contributed by atoms with Gasteiger partial charge in [-0.15, -0.1) is 0 Å². The molecule has 1 aliphatic carbocycles. The molecule has 1 aromatic heterocycles. The number of aromatic nitrogens is 2. The van der Waals surface area contributed by atoms with Gasteiger partial charge in [0.05, 0.1) is 12.2 Å². The second kappa shape index (κ2) is 6.89. The van der Waals surface area contributed by atoms with Gasteiger partial charge in [-0.3, -0.25) is 14.2 Å². The Hall–Kier alpha value is -2.84. The third kappa shape index (κ3) is 3.18. The highest BCUT2D eigenvalue weighted by Crippen LogP contribution is 2.43. The van der Waals surface area contributed by atoms with Crippen molar-refractivity contribution in [3.8, 4) is 0 Å². The highest BCUT2D eigenvalue weighted by atomic mass is 19.1. The minimum absolute atomic E-state index is 0.111. The molecule has 1 aliphatic heterocycles. The van der Waals surface area contributed by atoms with Gasteiger partial charge in [0.2, 0.25) is 5.82 Å². The lowest BCUT2D eigenvalue weighted by Gasteiger charge is -2.22. The predicted octanol–water partition coefficient (Wildman–Crippen LogP) is 2.25. The van der Waals surface area contributed by atoms with Crippen molar-refractivity contribution in [2.24, 2.45) is 0 Å². The highest BCUT2D eigenvalue weighted by Gasteiger charge is 2.50. The van der Waals surface area contributed by atoms with Gasteiger partial charge < -0.3 is 9.47 Å². The second-order valence-electron chi connectivity index (χ2n) is 7.59. The van der Waals surface area contributed by atoms with E-state index in [1.165, 1.54) is 12.1 Å². The summed E-state index contributed by atoms with van der Waals surface area (Å²) in [6, 6.07) is 7.10. The van der Waals surface area contributed by atoms with Crippen molar-refractivity contribution in [1.82, 2.24) is 9.13 Å². The number of hydrogen-bond donors (Lipinski definition) is 0. The normalized spacial score (nSPS) is 25.0. The van der Waals surface area contributed by atoms with Gasteiger partial charge in [0, 0.05) is 5.56 Å². The zero-order chi connectivity index (χ0) is 20.9. The molecule has 2 heterocycles. The van der Waals surface area contributed by atoms with Crippen LogP contribution in [0.15, 0.2) is 57.8 Å². The zero-order valence-corrected chi connectivity index (χ0v) is 16.3. The first-order valence-electron chi connectivity index (χ1n) is 9.43. The largest absolute Gasteiger partial charge is 0.342 e. The Balaban J connectivity index is 1.85. The molecule has 1 saturated heterocycles. The molecule has 3 atom stereocenters. The summed E-state index contributed by atoms with van der Waals surface area (Å²) >= 11 is 0. The molecule has 2 aliphatic rings. The summed E-state index contributed by atoms with van der Waals surface area (Å²) in [7, 11) is 0. The van der Waals surface area contributed by atoms with Crippen LogP contribution < -0.4 is 11.2 Å². The van der Waals surface area contributed by atoms with Crippen LogP contribution in [-0.4, -0.2) is 33.0 Å². The molecule has 7 nitrogen and oxygen atoms in total. The molecule has 8 heteroatoms. The van der Waals surface area contributed by atoms with Gasteiger partial charge in [-0.2, -0.15) is 8.96 Å². The molecule has 0 N–H and O–H groups in total. The quantitative estimate of drug-likeness (QED) is 0.739. The number of benzene rings is 1. The summed E-state index contributed by atoms with van der Waals surface area (Å²) in [5.74, 6) is -2.94. The van der Waals surface area contributed by atoms with Crippen molar-refractivity contribution in [3.63, 3.8) is 0 Å². The molecule has 0 saturated carbocycles. The maximum absolute atomic E-state index is 14.5. The average Bonchev–Trinajstić information content (AvgIpc) is 3.18. The van der Waals surface area contributed by atoms with Crippen molar-refractivity contribution >= 4 is 5.91 Å². The molecule has 29 heavy (non-hydrogen) atoms. The van der Waals surface area contributed by atoms with E-state index in [9.17, 15) is 18.8 Å². The fraction of sp³-hybridized carbons (Fsp3) is 0.381. The van der Waals surface area contributed by atoms with Crippen LogP contribution in [0.2, 0.25) is 0 Å². The van der Waals surface area contributed by atoms with E-state index in [0.717, 1.165) is 16.3 Å². The second-order valence-corrected chi connectivity index (χ2v) is 7.59. The molecule has 0 spiro atoms. The number of fused-ring (bicyclic) bond motifs is 1. The van der Waals surface area contributed by atoms with Crippen molar-refractivity contribution in [3.05, 3.63) is 80.4 Å². The Morgan fingerprint density at radius 1 is 1.17 bits per heavy atom. The summed E-state index contributed by atoms with van der Waals surface area (Å²) in [4.78, 5) is 38.2. The van der Waals surface area contributed by atoms with Crippen molar-refractivity contribution in [2.75, 3.05) is 0 Å². The highest BCUT2D eigenvalue weighted by molar-refractivity contribution is 5.95. The maximum Gasteiger partial charge on any atom is 0.339 e. The molecule has 1 unspecified atom stereocenters. The Morgan fingerprint density at radius 2 is 1.86 bits per heavy atom. The van der Waals surface area contributed by atoms with Gasteiger partial charge in [-0.05, 0) is 38.0 Å². The van der Waals surface area contributed by atoms with Crippen LogP contribution in [-0.2, 0) is 9.47 Å². The van der Waals surface area contributed by atoms with Crippen LogP contribution in [0, 0.1) is 5.82 Å². The molecular formula is C21H21FN2O5. The van der Waals surface area contributed by atoms with Crippen molar-refractivity contribution < 1.29 is 18.7 Å². The van der Waals surface area contributed by atoms with Crippen LogP contribution >= 0.6 is 0 Å². The number of carbonyl (C=O) groups is 1. The lowest BCUT2D eigenvalue weighted by atomic mass is 10.1. The third-order valence-corrected chi connectivity index (χ3v) is 5.24. The SMILES string of the molecule is CCC1=C[C@@H](n2cc(F)c(=O)n(C(=O)c3ccccc3)c2=O)C2OC(C)(C)O[C@@H]12. The molecule has 1 aromatic carbocycles. The first kappa shape index (κ1) is 19.5. The van der Waals surface area contributed by atoms with Gasteiger partial charge in [0.1, 0.15) is 12.2 Å². The predicted molar refractivity (Wildman–Crippen MR) is 102 cm³/mol. The molecule has 0 radical (unpaired) electrons. The van der Waals surface area contributed by atoms with Gasteiger partial charge in [0.25, 0.3) is 11.5 Å². The van der Waals surface area contributed by atoms with Crippen molar-refractivity contribution in [1.29, 1.82) is 0 Å². The van der Waals surface area contributed by atoms with Gasteiger partial charge >= 0.3 is 5.69 Å². The molecule has 0 bridgehead atoms. The van der Waals surface area contributed by atoms with Gasteiger partial charge in [-0.1, -0.05) is 31.2 Å². The first-order valence-corrected chi connectivity index (χ1v) is 9.43. The average molecular weight is 400 g/mol. The summed E-state index contributed by atoms with van der Waals surface area (Å²) < 4.78 is 27.7. The van der Waals surface area contributed by atoms with E-state index in [0.29, 0.717) is 11.0 Å². The summed E-state index contributed by atoms with van der Waals surface area (Å²) in [6.45, 7) is 5.47. The number of nitrogens with zero attached hydrogens (tertiary/aromatic N) is 2. The molecule has 2 aromatic rings. The van der Waals surface area contributed by atoms with E-state index in [2.05, 4.69) is 0 Å². The Labute approximate surface area is 166 Å². The summed E-state index contributed by atoms with van der Waals surface area (Å²) in [5.41, 5.74) is -1.17. The number of hydrogen-bond acceptors (Lipinski definition) is 5. The smallest absolute Gasteiger partial charge is 0.339 e. The summed E-state index contributed by atoms with van der Waals surface area (Å²) in [5, 5.41) is 0. The van der Waals surface area contributed by atoms with E-state index in [1.807, 2.05) is 6.92 Å². The molecule has 0 amide bonds. The van der Waals surface area contributed by atoms with E-state index in [-0.39, 0.29) is 11.7 Å². The standard InChI is InChI=1S/C21H21FN2O5/c1-4-12-10-15(17-16(12)28-21(2,3)29-17)23-11-14(22)19(26)24(20(23)27)18(25)13-8-6-5-7-9-13/h5-11,15-17H,4H2,1-3H3/t15-,16+,17?/m1/s1. The number of halogens is 1.